The number of hydrogen-bond acceptors (Lipinski definition) is 7. The van der Waals surface area contributed by atoms with Crippen LogP contribution < -0.4 is 20.5 Å². The highest BCUT2D eigenvalue weighted by atomic mass is 35.5. The van der Waals surface area contributed by atoms with Gasteiger partial charge in [0, 0.05) is 24.3 Å². The van der Waals surface area contributed by atoms with E-state index in [4.69, 9.17) is 10.5 Å². The van der Waals surface area contributed by atoms with Crippen LogP contribution in [0.5, 0.6) is 5.75 Å². The minimum absolute atomic E-state index is 0. The van der Waals surface area contributed by atoms with E-state index in [1.807, 2.05) is 62.4 Å². The smallest absolute Gasteiger partial charge is 0.264 e. The number of nitrogens with one attached hydrogen (secondary N) is 2. The normalized spacial score (nSPS) is 11.7. The predicted molar refractivity (Wildman–Crippen MR) is 161 cm³/mol. The number of anilines is 1. The molecule has 0 saturated heterocycles. The summed E-state index contributed by atoms with van der Waals surface area (Å²) in [5.74, 6) is 0.385. The van der Waals surface area contributed by atoms with Gasteiger partial charge in [-0.15, -0.1) is 24.8 Å². The van der Waals surface area contributed by atoms with E-state index in [1.54, 1.807) is 18.2 Å². The van der Waals surface area contributed by atoms with Crippen LogP contribution in [0, 0.1) is 5.92 Å². The molecule has 3 rings (SSSR count). The van der Waals surface area contributed by atoms with Gasteiger partial charge in [-0.05, 0) is 64.9 Å². The van der Waals surface area contributed by atoms with E-state index < -0.39 is 22.0 Å². The molecular weight excluding hydrogens is 561 g/mol. The number of nitrogen functional groups attached to an aromatic ring is 1. The van der Waals surface area contributed by atoms with Crippen molar-refractivity contribution in [1.29, 1.82) is 0 Å². The van der Waals surface area contributed by atoms with Crippen LogP contribution in [-0.4, -0.2) is 45.4 Å². The Morgan fingerprint density at radius 2 is 1.59 bits per heavy atom. The number of halogens is 2. The lowest BCUT2D eigenvalue weighted by Gasteiger charge is -2.14. The Kier molecular flexibility index (Phi) is 13.8. The zero-order valence-corrected chi connectivity index (χ0v) is 24.7. The monoisotopic (exact) mass is 597 g/mol. The first-order valence-corrected chi connectivity index (χ1v) is 14.0. The summed E-state index contributed by atoms with van der Waals surface area (Å²) >= 11 is 0. The molecule has 0 heterocycles. The molecular formula is C28H37Cl2N3O5S. The van der Waals surface area contributed by atoms with Crippen LogP contribution in [0.2, 0.25) is 0 Å². The number of benzene rings is 3. The van der Waals surface area contributed by atoms with Crippen molar-refractivity contribution in [2.24, 2.45) is 5.92 Å². The lowest BCUT2D eigenvalue weighted by molar-refractivity contribution is 0.0980. The molecule has 3 aromatic carbocycles. The van der Waals surface area contributed by atoms with Gasteiger partial charge in [0.1, 0.15) is 12.4 Å². The molecule has 0 saturated carbocycles. The number of aliphatic hydroxyl groups excluding tert-OH is 1. The standard InChI is InChI=1S/C28H35N3O5S.2ClH/c1-19(2)16-23-17-22(8-13-26(23)28(33)31-37(3,34)35)20-6-11-25(12-7-20)36-15-14-30-18-27(32)21-4-9-24(29)10-5-21;;/h4-13,17,19,27,30,32H,14-16,18,29H2,1-3H3,(H,31,33);2*1H/t27-;;/m1../s1. The third kappa shape index (κ3) is 11.1. The summed E-state index contributed by atoms with van der Waals surface area (Å²) in [5.41, 5.74) is 10.2. The third-order valence-electron chi connectivity index (χ3n) is 5.65. The average molecular weight is 599 g/mol. The molecule has 0 bridgehead atoms. The molecule has 0 fully saturated rings. The van der Waals surface area contributed by atoms with Gasteiger partial charge < -0.3 is 20.9 Å². The Morgan fingerprint density at radius 1 is 0.974 bits per heavy atom. The van der Waals surface area contributed by atoms with Gasteiger partial charge in [0.2, 0.25) is 10.0 Å². The molecule has 11 heteroatoms. The molecule has 0 aliphatic heterocycles. The van der Waals surface area contributed by atoms with Gasteiger partial charge in [-0.1, -0.05) is 50.2 Å². The maximum atomic E-state index is 12.5. The van der Waals surface area contributed by atoms with E-state index in [-0.39, 0.29) is 30.7 Å². The number of nitrogens with two attached hydrogens (primary N) is 1. The van der Waals surface area contributed by atoms with Crippen molar-refractivity contribution in [3.8, 4) is 16.9 Å². The molecule has 0 aliphatic rings. The van der Waals surface area contributed by atoms with Crippen molar-refractivity contribution >= 4 is 46.4 Å². The molecule has 1 amide bonds. The van der Waals surface area contributed by atoms with Crippen molar-refractivity contribution in [3.05, 3.63) is 83.4 Å². The maximum absolute atomic E-state index is 12.5. The number of hydrogen-bond donors (Lipinski definition) is 4. The van der Waals surface area contributed by atoms with Crippen LogP contribution in [0.4, 0.5) is 5.69 Å². The van der Waals surface area contributed by atoms with Crippen molar-refractivity contribution in [2.75, 3.05) is 31.7 Å². The molecule has 0 aliphatic carbocycles. The van der Waals surface area contributed by atoms with Crippen molar-refractivity contribution < 1.29 is 23.1 Å². The lowest BCUT2D eigenvalue weighted by atomic mass is 9.93. The molecule has 0 radical (unpaired) electrons. The highest BCUT2D eigenvalue weighted by Crippen LogP contribution is 2.26. The second kappa shape index (κ2) is 15.7. The Morgan fingerprint density at radius 3 is 2.18 bits per heavy atom. The summed E-state index contributed by atoms with van der Waals surface area (Å²) in [5, 5.41) is 13.4. The number of rotatable bonds is 12. The molecule has 0 unspecified atom stereocenters. The van der Waals surface area contributed by atoms with Gasteiger partial charge in [0.25, 0.3) is 5.91 Å². The Bertz CT molecular complexity index is 1300. The van der Waals surface area contributed by atoms with E-state index in [2.05, 4.69) is 10.0 Å². The van der Waals surface area contributed by atoms with Gasteiger partial charge in [0.05, 0.1) is 12.4 Å². The minimum atomic E-state index is -3.65. The van der Waals surface area contributed by atoms with Crippen LogP contribution in [-0.2, 0) is 16.4 Å². The summed E-state index contributed by atoms with van der Waals surface area (Å²) in [6.45, 7) is 5.51. The third-order valence-corrected chi connectivity index (χ3v) is 6.21. The van der Waals surface area contributed by atoms with Crippen molar-refractivity contribution in [3.63, 3.8) is 0 Å². The van der Waals surface area contributed by atoms with Crippen LogP contribution in [0.1, 0.15) is 41.4 Å². The quantitative estimate of drug-likeness (QED) is 0.180. The fourth-order valence-corrected chi connectivity index (χ4v) is 4.33. The molecule has 214 valence electrons. The topological polar surface area (TPSA) is 131 Å². The fourth-order valence-electron chi connectivity index (χ4n) is 3.89. The van der Waals surface area contributed by atoms with E-state index in [0.717, 1.165) is 34.3 Å². The summed E-state index contributed by atoms with van der Waals surface area (Å²) in [6, 6.07) is 20.2. The first kappa shape index (κ1) is 34.2. The maximum Gasteiger partial charge on any atom is 0.264 e. The number of carbonyl (C=O) groups is 1. The van der Waals surface area contributed by atoms with E-state index in [0.29, 0.717) is 37.4 Å². The SMILES string of the molecule is CC(C)Cc1cc(-c2ccc(OCCNC[C@@H](O)c3ccc(N)cc3)cc2)ccc1C(=O)NS(C)(=O)=O.Cl.Cl. The summed E-state index contributed by atoms with van der Waals surface area (Å²) in [7, 11) is -3.65. The van der Waals surface area contributed by atoms with Gasteiger partial charge in [-0.2, -0.15) is 0 Å². The summed E-state index contributed by atoms with van der Waals surface area (Å²) < 4.78 is 30.9. The molecule has 5 N–H and O–H groups in total. The highest BCUT2D eigenvalue weighted by molar-refractivity contribution is 7.89. The molecule has 0 spiro atoms. The minimum Gasteiger partial charge on any atom is -0.492 e. The van der Waals surface area contributed by atoms with Gasteiger partial charge >= 0.3 is 0 Å². The van der Waals surface area contributed by atoms with Gasteiger partial charge in [-0.25, -0.2) is 13.1 Å². The summed E-state index contributed by atoms with van der Waals surface area (Å²) in [4.78, 5) is 12.5. The highest BCUT2D eigenvalue weighted by Gasteiger charge is 2.17. The van der Waals surface area contributed by atoms with E-state index >= 15 is 0 Å². The number of sulfonamides is 1. The summed E-state index contributed by atoms with van der Waals surface area (Å²) in [6.07, 6.45) is 0.984. The molecule has 1 atom stereocenters. The molecule has 0 aromatic heterocycles. The second-order valence-electron chi connectivity index (χ2n) is 9.43. The number of amides is 1. The number of aliphatic hydroxyl groups is 1. The Labute approximate surface area is 243 Å². The zero-order valence-electron chi connectivity index (χ0n) is 22.2. The number of ether oxygens (including phenoxy) is 1. The lowest BCUT2D eigenvalue weighted by Crippen LogP contribution is -2.30. The molecule has 8 nitrogen and oxygen atoms in total. The number of carbonyl (C=O) groups excluding carboxylic acids is 1. The Balaban J connectivity index is 0.00000380. The average Bonchev–Trinajstić information content (AvgIpc) is 2.83. The van der Waals surface area contributed by atoms with Gasteiger partial charge in [-0.3, -0.25) is 4.79 Å². The van der Waals surface area contributed by atoms with Crippen LogP contribution >= 0.6 is 24.8 Å². The first-order chi connectivity index (χ1) is 17.5. The van der Waals surface area contributed by atoms with Crippen LogP contribution in [0.15, 0.2) is 66.7 Å². The van der Waals surface area contributed by atoms with E-state index in [1.165, 1.54) is 0 Å². The second-order valence-corrected chi connectivity index (χ2v) is 11.2. The van der Waals surface area contributed by atoms with Gasteiger partial charge in [0.15, 0.2) is 0 Å². The van der Waals surface area contributed by atoms with Crippen LogP contribution in [0.3, 0.4) is 0 Å². The predicted octanol–water partition coefficient (Wildman–Crippen LogP) is 4.37. The molecule has 39 heavy (non-hydrogen) atoms. The van der Waals surface area contributed by atoms with Crippen molar-refractivity contribution in [1.82, 2.24) is 10.0 Å². The fraction of sp³-hybridized carbons (Fsp3) is 0.321. The molecule has 3 aromatic rings. The van der Waals surface area contributed by atoms with E-state index in [9.17, 15) is 18.3 Å². The van der Waals surface area contributed by atoms with Crippen LogP contribution in [0.25, 0.3) is 11.1 Å². The first-order valence-electron chi connectivity index (χ1n) is 12.1. The van der Waals surface area contributed by atoms with Crippen molar-refractivity contribution in [2.45, 2.75) is 26.4 Å². The zero-order chi connectivity index (χ0) is 27.0. The Hall–Kier alpha value is -2.82. The largest absolute Gasteiger partial charge is 0.492 e.